The first-order valence-corrected chi connectivity index (χ1v) is 5.81. The lowest BCUT2D eigenvalue weighted by atomic mass is 10.1. The van der Waals surface area contributed by atoms with Gasteiger partial charge in [0, 0.05) is 31.7 Å². The van der Waals surface area contributed by atoms with Gasteiger partial charge in [-0.25, -0.2) is 4.39 Å². The van der Waals surface area contributed by atoms with Gasteiger partial charge in [0.1, 0.15) is 5.82 Å². The molecule has 0 aliphatic rings. The lowest BCUT2D eigenvalue weighted by molar-refractivity contribution is -0.121. The summed E-state index contributed by atoms with van der Waals surface area (Å²) in [6.45, 7) is 2.35. The van der Waals surface area contributed by atoms with E-state index in [-0.39, 0.29) is 43.2 Å². The molecule has 1 aromatic carbocycles. The molecule has 108 valence electrons. The summed E-state index contributed by atoms with van der Waals surface area (Å²) in [6, 6.07) is 4.54. The van der Waals surface area contributed by atoms with Crippen LogP contribution in [0.3, 0.4) is 0 Å². The van der Waals surface area contributed by atoms with Crippen LogP contribution in [0.25, 0.3) is 0 Å². The second-order valence-corrected chi connectivity index (χ2v) is 4.32. The molecule has 0 fully saturated rings. The summed E-state index contributed by atoms with van der Waals surface area (Å²) in [7, 11) is 1.51. The van der Waals surface area contributed by atoms with Crippen molar-refractivity contribution in [3.63, 3.8) is 0 Å². The molecule has 0 aliphatic heterocycles. The minimum absolute atomic E-state index is 0. The first kappa shape index (κ1) is 17.8. The molecule has 0 aromatic heterocycles. The molecular formula is C13H20ClFN2O2. The van der Waals surface area contributed by atoms with Crippen molar-refractivity contribution in [2.75, 3.05) is 7.11 Å². The number of benzene rings is 1. The van der Waals surface area contributed by atoms with Gasteiger partial charge in [-0.05, 0) is 24.6 Å². The van der Waals surface area contributed by atoms with E-state index >= 15 is 0 Å². The molecule has 0 heterocycles. The fraction of sp³-hybridized carbons (Fsp3) is 0.462. The third kappa shape index (κ3) is 6.52. The van der Waals surface area contributed by atoms with Crippen LogP contribution in [0, 0.1) is 5.82 Å². The summed E-state index contributed by atoms with van der Waals surface area (Å²) < 4.78 is 18.2. The molecule has 19 heavy (non-hydrogen) atoms. The molecule has 1 unspecified atom stereocenters. The smallest absolute Gasteiger partial charge is 0.221 e. The number of hydrogen-bond donors (Lipinski definition) is 2. The normalized spacial score (nSPS) is 11.6. The maximum atomic E-state index is 13.3. The molecule has 6 heteroatoms. The number of carbonyl (C=O) groups is 1. The number of hydrogen-bond acceptors (Lipinski definition) is 3. The highest BCUT2D eigenvalue weighted by atomic mass is 35.5. The van der Waals surface area contributed by atoms with Crippen LogP contribution in [0.4, 0.5) is 4.39 Å². The molecule has 0 spiro atoms. The van der Waals surface area contributed by atoms with Gasteiger partial charge in [-0.1, -0.05) is 6.07 Å². The standard InChI is InChI=1S/C13H19FN2O2.ClH/c1-9(15)5-13(17)16-7-10-3-4-12(14)11(6-10)8-18-2;/h3-4,6,9H,5,7-8,15H2,1-2H3,(H,16,17);1H. The van der Waals surface area contributed by atoms with E-state index in [1.165, 1.54) is 13.2 Å². The van der Waals surface area contributed by atoms with E-state index in [9.17, 15) is 9.18 Å². The van der Waals surface area contributed by atoms with Gasteiger partial charge in [-0.3, -0.25) is 4.79 Å². The van der Waals surface area contributed by atoms with Crippen molar-refractivity contribution in [3.05, 3.63) is 35.1 Å². The largest absolute Gasteiger partial charge is 0.380 e. The van der Waals surface area contributed by atoms with E-state index in [1.54, 1.807) is 19.1 Å². The van der Waals surface area contributed by atoms with Gasteiger partial charge in [0.15, 0.2) is 0 Å². The number of nitrogens with one attached hydrogen (secondary N) is 1. The second kappa shape index (κ2) is 8.85. The summed E-state index contributed by atoms with van der Waals surface area (Å²) in [5, 5.41) is 2.74. The third-order valence-electron chi connectivity index (χ3n) is 2.41. The molecule has 1 aromatic rings. The number of methoxy groups -OCH3 is 1. The number of ether oxygens (including phenoxy) is 1. The van der Waals surface area contributed by atoms with Gasteiger partial charge in [-0.2, -0.15) is 0 Å². The Bertz CT molecular complexity index is 414. The van der Waals surface area contributed by atoms with Crippen LogP contribution >= 0.6 is 12.4 Å². The molecule has 0 bridgehead atoms. The zero-order chi connectivity index (χ0) is 13.5. The van der Waals surface area contributed by atoms with Crippen LogP contribution in [0.1, 0.15) is 24.5 Å². The summed E-state index contributed by atoms with van der Waals surface area (Å²) in [4.78, 5) is 11.4. The average Bonchev–Trinajstić information content (AvgIpc) is 2.29. The molecular weight excluding hydrogens is 271 g/mol. The minimum Gasteiger partial charge on any atom is -0.380 e. The summed E-state index contributed by atoms with van der Waals surface area (Å²) >= 11 is 0. The lowest BCUT2D eigenvalue weighted by Crippen LogP contribution is -2.29. The van der Waals surface area contributed by atoms with Gasteiger partial charge in [0.25, 0.3) is 0 Å². The first-order valence-electron chi connectivity index (χ1n) is 5.81. The van der Waals surface area contributed by atoms with E-state index in [0.717, 1.165) is 5.56 Å². The summed E-state index contributed by atoms with van der Waals surface area (Å²) in [6.07, 6.45) is 0.284. The molecule has 0 saturated heterocycles. The van der Waals surface area contributed by atoms with E-state index in [0.29, 0.717) is 12.1 Å². The quantitative estimate of drug-likeness (QED) is 0.839. The number of nitrogens with two attached hydrogens (primary N) is 1. The Morgan fingerprint density at radius 2 is 2.21 bits per heavy atom. The number of amides is 1. The molecule has 1 rings (SSSR count). The minimum atomic E-state index is -0.303. The molecule has 3 N–H and O–H groups in total. The Labute approximate surface area is 118 Å². The van der Waals surface area contributed by atoms with Gasteiger partial charge in [0.05, 0.1) is 6.61 Å². The molecule has 4 nitrogen and oxygen atoms in total. The first-order chi connectivity index (χ1) is 8.52. The highest BCUT2D eigenvalue weighted by molar-refractivity contribution is 5.85. The SMILES string of the molecule is COCc1cc(CNC(=O)CC(C)N)ccc1F.Cl. The van der Waals surface area contributed by atoms with E-state index in [4.69, 9.17) is 10.5 Å². The van der Waals surface area contributed by atoms with Gasteiger partial charge < -0.3 is 15.8 Å². The highest BCUT2D eigenvalue weighted by Crippen LogP contribution is 2.11. The third-order valence-corrected chi connectivity index (χ3v) is 2.41. The monoisotopic (exact) mass is 290 g/mol. The van der Waals surface area contributed by atoms with Crippen molar-refractivity contribution in [2.24, 2.45) is 5.73 Å². The maximum absolute atomic E-state index is 13.3. The van der Waals surface area contributed by atoms with Gasteiger partial charge >= 0.3 is 0 Å². The fourth-order valence-electron chi connectivity index (χ4n) is 1.57. The topological polar surface area (TPSA) is 64.3 Å². The van der Waals surface area contributed by atoms with E-state index < -0.39 is 0 Å². The van der Waals surface area contributed by atoms with Crippen LogP contribution in [-0.2, 0) is 22.7 Å². The second-order valence-electron chi connectivity index (χ2n) is 4.32. The number of carbonyl (C=O) groups excluding carboxylic acids is 1. The number of rotatable bonds is 6. The van der Waals surface area contributed by atoms with Gasteiger partial charge in [0.2, 0.25) is 5.91 Å². The van der Waals surface area contributed by atoms with E-state index in [2.05, 4.69) is 5.32 Å². The van der Waals surface area contributed by atoms with Crippen LogP contribution in [0.15, 0.2) is 18.2 Å². The number of halogens is 2. The highest BCUT2D eigenvalue weighted by Gasteiger charge is 2.06. The Balaban J connectivity index is 0.00000324. The molecule has 1 atom stereocenters. The predicted molar refractivity (Wildman–Crippen MR) is 74.5 cm³/mol. The Hall–Kier alpha value is -1.17. The maximum Gasteiger partial charge on any atom is 0.221 e. The van der Waals surface area contributed by atoms with Crippen molar-refractivity contribution in [3.8, 4) is 0 Å². The molecule has 0 radical (unpaired) electrons. The van der Waals surface area contributed by atoms with E-state index in [1.807, 2.05) is 0 Å². The lowest BCUT2D eigenvalue weighted by Gasteiger charge is -2.09. The summed E-state index contributed by atoms with van der Waals surface area (Å²) in [5.74, 6) is -0.412. The Morgan fingerprint density at radius 3 is 2.79 bits per heavy atom. The zero-order valence-corrected chi connectivity index (χ0v) is 11.9. The molecule has 0 saturated carbocycles. The zero-order valence-electron chi connectivity index (χ0n) is 11.1. The Kier molecular flexibility index (Phi) is 8.30. The van der Waals surface area contributed by atoms with Crippen LogP contribution in [0.2, 0.25) is 0 Å². The van der Waals surface area contributed by atoms with Gasteiger partial charge in [-0.15, -0.1) is 12.4 Å². The average molecular weight is 291 g/mol. The predicted octanol–water partition coefficient (Wildman–Crippen LogP) is 1.75. The van der Waals surface area contributed by atoms with Crippen molar-refractivity contribution in [1.82, 2.24) is 5.32 Å². The summed E-state index contributed by atoms with van der Waals surface area (Å²) in [5.41, 5.74) is 6.84. The fourth-order valence-corrected chi connectivity index (χ4v) is 1.57. The Morgan fingerprint density at radius 1 is 1.53 bits per heavy atom. The van der Waals surface area contributed by atoms with Crippen molar-refractivity contribution < 1.29 is 13.9 Å². The van der Waals surface area contributed by atoms with Crippen LogP contribution < -0.4 is 11.1 Å². The van der Waals surface area contributed by atoms with Crippen molar-refractivity contribution >= 4 is 18.3 Å². The van der Waals surface area contributed by atoms with Crippen LogP contribution in [0.5, 0.6) is 0 Å². The molecule has 1 amide bonds. The molecule has 0 aliphatic carbocycles. The van der Waals surface area contributed by atoms with Crippen molar-refractivity contribution in [2.45, 2.75) is 32.5 Å². The van der Waals surface area contributed by atoms with Crippen LogP contribution in [-0.4, -0.2) is 19.1 Å². The van der Waals surface area contributed by atoms with Crippen molar-refractivity contribution in [1.29, 1.82) is 0 Å².